The van der Waals surface area contributed by atoms with Gasteiger partial charge in [-0.2, -0.15) is 5.10 Å². The quantitative estimate of drug-likeness (QED) is 0.506. The Kier molecular flexibility index (Phi) is 4.60. The van der Waals surface area contributed by atoms with E-state index in [-0.39, 0.29) is 5.91 Å². The lowest BCUT2D eigenvalue weighted by Crippen LogP contribution is -2.25. The van der Waals surface area contributed by atoms with Gasteiger partial charge in [-0.3, -0.25) is 4.79 Å². The average Bonchev–Trinajstić information content (AvgIpc) is 3.15. The van der Waals surface area contributed by atoms with Crippen molar-refractivity contribution in [2.24, 2.45) is 0 Å². The second-order valence-corrected chi connectivity index (χ2v) is 8.67. The maximum Gasteiger partial charge on any atom is 0.261 e. The van der Waals surface area contributed by atoms with Gasteiger partial charge in [-0.25, -0.2) is 4.68 Å². The summed E-state index contributed by atoms with van der Waals surface area (Å²) < 4.78 is 3.96. The van der Waals surface area contributed by atoms with E-state index < -0.39 is 0 Å². The van der Waals surface area contributed by atoms with E-state index >= 15 is 0 Å². The molecule has 1 fully saturated rings. The first-order valence-electron chi connectivity index (χ1n) is 9.52. The van der Waals surface area contributed by atoms with Crippen molar-refractivity contribution in [3.8, 4) is 5.69 Å². The van der Waals surface area contributed by atoms with Crippen LogP contribution in [0.15, 0.2) is 36.7 Å². The zero-order valence-corrected chi connectivity index (χ0v) is 17.4. The third kappa shape index (κ3) is 3.54. The fourth-order valence-corrected chi connectivity index (χ4v) is 4.70. The van der Waals surface area contributed by atoms with Gasteiger partial charge in [0.2, 0.25) is 0 Å². The summed E-state index contributed by atoms with van der Waals surface area (Å²) in [7, 11) is 0. The Morgan fingerprint density at radius 2 is 2.21 bits per heavy atom. The lowest BCUT2D eigenvalue weighted by Gasteiger charge is -2.06. The number of nitrogens with one attached hydrogen (secondary N) is 1. The summed E-state index contributed by atoms with van der Waals surface area (Å²) in [6.07, 6.45) is 4.82. The zero-order valence-electron chi connectivity index (χ0n) is 15.8. The van der Waals surface area contributed by atoms with Crippen molar-refractivity contribution in [1.82, 2.24) is 29.9 Å². The Hall–Kier alpha value is -2.71. The third-order valence-corrected chi connectivity index (χ3v) is 6.39. The van der Waals surface area contributed by atoms with Gasteiger partial charge in [-0.15, -0.1) is 21.5 Å². The summed E-state index contributed by atoms with van der Waals surface area (Å²) in [5.74, 6) is 0.845. The van der Waals surface area contributed by atoms with Crippen LogP contribution in [0.1, 0.15) is 40.1 Å². The van der Waals surface area contributed by atoms with Crippen LogP contribution in [0.2, 0.25) is 5.02 Å². The zero-order chi connectivity index (χ0) is 20.0. The molecule has 1 aromatic carbocycles. The largest absolute Gasteiger partial charge is 0.351 e. The first-order valence-corrected chi connectivity index (χ1v) is 10.7. The Labute approximate surface area is 176 Å². The number of aromatic nitrogens is 5. The highest BCUT2D eigenvalue weighted by Gasteiger charge is 2.26. The van der Waals surface area contributed by atoms with E-state index in [1.807, 2.05) is 41.9 Å². The number of carbonyl (C=O) groups is 1. The first kappa shape index (κ1) is 18.3. The number of aryl methyl sites for hydroxylation is 1. The van der Waals surface area contributed by atoms with Crippen LogP contribution >= 0.6 is 22.9 Å². The second kappa shape index (κ2) is 7.27. The third-order valence-electron chi connectivity index (χ3n) is 5.04. The van der Waals surface area contributed by atoms with Gasteiger partial charge in [-0.05, 0) is 44.0 Å². The summed E-state index contributed by atoms with van der Waals surface area (Å²) in [5, 5.41) is 17.4. The molecule has 9 heteroatoms. The Bertz CT molecular complexity index is 1200. The molecule has 1 N–H and O–H groups in total. The molecule has 4 aromatic rings. The lowest BCUT2D eigenvalue weighted by molar-refractivity contribution is 0.0958. The maximum absolute atomic E-state index is 12.7. The Morgan fingerprint density at radius 3 is 3.00 bits per heavy atom. The van der Waals surface area contributed by atoms with Crippen molar-refractivity contribution < 1.29 is 4.79 Å². The van der Waals surface area contributed by atoms with Gasteiger partial charge in [0.1, 0.15) is 17.0 Å². The topological polar surface area (TPSA) is 77.6 Å². The highest BCUT2D eigenvalue weighted by Crippen LogP contribution is 2.35. The van der Waals surface area contributed by atoms with Crippen LogP contribution in [0.4, 0.5) is 0 Å². The van der Waals surface area contributed by atoms with E-state index in [0.717, 1.165) is 27.4 Å². The van der Waals surface area contributed by atoms with Gasteiger partial charge in [0.05, 0.1) is 16.3 Å². The fourth-order valence-electron chi connectivity index (χ4n) is 3.42. The van der Waals surface area contributed by atoms with Crippen molar-refractivity contribution >= 4 is 39.1 Å². The molecule has 1 saturated carbocycles. The van der Waals surface area contributed by atoms with Crippen LogP contribution in [-0.4, -0.2) is 37.0 Å². The molecular formula is C20H19ClN6OS. The number of carbonyl (C=O) groups excluding carboxylic acids is 1. The Morgan fingerprint density at radius 1 is 1.34 bits per heavy atom. The SMILES string of the molecule is Cc1nn(-c2cccc(Cl)c2)c2sc(C(=O)NCCc3nncn3C3CC3)cc12. The van der Waals surface area contributed by atoms with Gasteiger partial charge in [-0.1, -0.05) is 17.7 Å². The van der Waals surface area contributed by atoms with Crippen LogP contribution in [-0.2, 0) is 6.42 Å². The number of hydrogen-bond donors (Lipinski definition) is 1. The number of rotatable bonds is 6. The molecule has 1 aliphatic carbocycles. The van der Waals surface area contributed by atoms with Crippen LogP contribution in [0.3, 0.4) is 0 Å². The minimum Gasteiger partial charge on any atom is -0.351 e. The molecule has 1 aliphatic rings. The molecule has 0 bridgehead atoms. The number of amides is 1. The predicted molar refractivity (Wildman–Crippen MR) is 113 cm³/mol. The number of benzene rings is 1. The molecule has 0 atom stereocenters. The fraction of sp³-hybridized carbons (Fsp3) is 0.300. The van der Waals surface area contributed by atoms with Gasteiger partial charge in [0.25, 0.3) is 5.91 Å². The molecule has 0 aliphatic heterocycles. The molecule has 148 valence electrons. The summed E-state index contributed by atoms with van der Waals surface area (Å²) in [6.45, 7) is 2.47. The molecule has 7 nitrogen and oxygen atoms in total. The highest BCUT2D eigenvalue weighted by atomic mass is 35.5. The van der Waals surface area contributed by atoms with Gasteiger partial charge >= 0.3 is 0 Å². The van der Waals surface area contributed by atoms with Crippen LogP contribution in [0, 0.1) is 6.92 Å². The Balaban J connectivity index is 1.33. The van der Waals surface area contributed by atoms with Crippen molar-refractivity contribution in [3.05, 3.63) is 58.1 Å². The maximum atomic E-state index is 12.7. The molecule has 3 aromatic heterocycles. The van der Waals surface area contributed by atoms with Crippen molar-refractivity contribution in [3.63, 3.8) is 0 Å². The molecule has 29 heavy (non-hydrogen) atoms. The van der Waals surface area contributed by atoms with E-state index in [0.29, 0.717) is 28.9 Å². The number of thiophene rings is 1. The summed E-state index contributed by atoms with van der Waals surface area (Å²) in [4.78, 5) is 14.3. The normalized spacial score (nSPS) is 13.9. The first-order chi connectivity index (χ1) is 14.1. The van der Waals surface area contributed by atoms with Gasteiger partial charge < -0.3 is 9.88 Å². The van der Waals surface area contributed by atoms with Gasteiger partial charge in [0, 0.05) is 29.4 Å². The minimum absolute atomic E-state index is 0.0827. The molecule has 1 amide bonds. The second-order valence-electron chi connectivity index (χ2n) is 7.20. The highest BCUT2D eigenvalue weighted by molar-refractivity contribution is 7.20. The smallest absolute Gasteiger partial charge is 0.261 e. The van der Waals surface area contributed by atoms with E-state index in [1.165, 1.54) is 24.2 Å². The average molecular weight is 427 g/mol. The van der Waals surface area contributed by atoms with Crippen molar-refractivity contribution in [2.75, 3.05) is 6.54 Å². The van der Waals surface area contributed by atoms with Crippen LogP contribution in [0.5, 0.6) is 0 Å². The van der Waals surface area contributed by atoms with Gasteiger partial charge in [0.15, 0.2) is 0 Å². The molecule has 0 spiro atoms. The number of nitrogens with zero attached hydrogens (tertiary/aromatic N) is 5. The van der Waals surface area contributed by atoms with E-state index in [1.54, 1.807) is 6.33 Å². The van der Waals surface area contributed by atoms with Crippen LogP contribution < -0.4 is 5.32 Å². The van der Waals surface area contributed by atoms with E-state index in [9.17, 15) is 4.79 Å². The molecule has 3 heterocycles. The summed E-state index contributed by atoms with van der Waals surface area (Å²) in [5.41, 5.74) is 1.76. The predicted octanol–water partition coefficient (Wildman–Crippen LogP) is 3.95. The summed E-state index contributed by atoms with van der Waals surface area (Å²) >= 11 is 7.56. The standard InChI is InChI=1S/C20H19ClN6OS/c1-12-16-10-17(29-20(16)27(25-12)15-4-2-3-13(21)9-15)19(28)22-8-7-18-24-23-11-26(18)14-5-6-14/h2-4,9-11,14H,5-8H2,1H3,(H,22,28). The molecule has 0 radical (unpaired) electrons. The van der Waals surface area contributed by atoms with Crippen LogP contribution in [0.25, 0.3) is 15.9 Å². The van der Waals surface area contributed by atoms with E-state index in [4.69, 9.17) is 11.6 Å². The monoisotopic (exact) mass is 426 g/mol. The van der Waals surface area contributed by atoms with E-state index in [2.05, 4.69) is 25.2 Å². The summed E-state index contributed by atoms with van der Waals surface area (Å²) in [6, 6.07) is 9.98. The number of fused-ring (bicyclic) bond motifs is 1. The van der Waals surface area contributed by atoms with Crippen molar-refractivity contribution in [2.45, 2.75) is 32.2 Å². The number of halogens is 1. The molecule has 5 rings (SSSR count). The lowest BCUT2D eigenvalue weighted by atomic mass is 10.3. The van der Waals surface area contributed by atoms with Crippen molar-refractivity contribution in [1.29, 1.82) is 0 Å². The molecular weight excluding hydrogens is 408 g/mol. The molecule has 0 unspecified atom stereocenters. The minimum atomic E-state index is -0.0827. The molecule has 0 saturated heterocycles. The number of hydrogen-bond acceptors (Lipinski definition) is 5.